The zero-order valence-electron chi connectivity index (χ0n) is 11.2. The Labute approximate surface area is 121 Å². The number of likely N-dealkylation sites (tertiary alicyclic amines) is 1. The Bertz CT molecular complexity index is 533. The Balaban J connectivity index is 1.88. The number of hydrogen-bond donors (Lipinski definition) is 3. The number of aromatic nitrogens is 3. The zero-order valence-corrected chi connectivity index (χ0v) is 12.0. The molecule has 1 unspecified atom stereocenters. The molecule has 2 aromatic heterocycles. The lowest BCUT2D eigenvalue weighted by Crippen LogP contribution is -2.39. The minimum absolute atomic E-state index is 0.0790. The summed E-state index contributed by atoms with van der Waals surface area (Å²) in [7, 11) is 0. The molecule has 0 spiro atoms. The van der Waals surface area contributed by atoms with Crippen molar-refractivity contribution in [2.75, 3.05) is 13.1 Å². The molecule has 3 heterocycles. The summed E-state index contributed by atoms with van der Waals surface area (Å²) in [5.74, 6) is 0. The number of nitrogens with two attached hydrogens (primary N) is 1. The third kappa shape index (κ3) is 2.76. The monoisotopic (exact) mass is 293 g/mol. The molecule has 20 heavy (non-hydrogen) atoms. The van der Waals surface area contributed by atoms with E-state index in [1.807, 2.05) is 11.6 Å². The van der Waals surface area contributed by atoms with E-state index < -0.39 is 0 Å². The summed E-state index contributed by atoms with van der Waals surface area (Å²) in [5, 5.41) is 12.7. The Morgan fingerprint density at radius 3 is 2.90 bits per heavy atom. The van der Waals surface area contributed by atoms with Crippen LogP contribution in [0.25, 0.3) is 0 Å². The van der Waals surface area contributed by atoms with Crippen LogP contribution in [0.15, 0.2) is 17.9 Å². The normalized spacial score (nSPS) is 19.3. The van der Waals surface area contributed by atoms with Gasteiger partial charge >= 0.3 is 0 Å². The van der Waals surface area contributed by atoms with Crippen molar-refractivity contribution in [3.63, 3.8) is 0 Å². The van der Waals surface area contributed by atoms with Crippen molar-refractivity contribution in [1.82, 2.24) is 19.9 Å². The largest absolute Gasteiger partial charge is 0.393 e. The van der Waals surface area contributed by atoms with Gasteiger partial charge in [-0.15, -0.1) is 11.3 Å². The highest BCUT2D eigenvalue weighted by molar-refractivity contribution is 7.09. The molecule has 0 amide bonds. The second-order valence-electron chi connectivity index (χ2n) is 5.06. The first-order chi connectivity index (χ1) is 9.78. The topological polar surface area (TPSA) is 91.1 Å². The van der Waals surface area contributed by atoms with Gasteiger partial charge in [-0.05, 0) is 12.8 Å². The molecule has 1 atom stereocenters. The molecule has 0 saturated carbocycles. The molecular formula is C13H19N5OS. The van der Waals surface area contributed by atoms with E-state index in [9.17, 15) is 5.11 Å². The molecular weight excluding hydrogens is 274 g/mol. The van der Waals surface area contributed by atoms with E-state index in [0.717, 1.165) is 42.3 Å². The fraction of sp³-hybridized carbons (Fsp3) is 0.538. The predicted octanol–water partition coefficient (Wildman–Crippen LogP) is 0.871. The highest BCUT2D eigenvalue weighted by Gasteiger charge is 2.29. The van der Waals surface area contributed by atoms with Gasteiger partial charge < -0.3 is 15.8 Å². The molecule has 1 saturated heterocycles. The van der Waals surface area contributed by atoms with Gasteiger partial charge in [0.1, 0.15) is 11.0 Å². The Kier molecular flexibility index (Phi) is 4.11. The van der Waals surface area contributed by atoms with Crippen molar-refractivity contribution < 1.29 is 5.11 Å². The van der Waals surface area contributed by atoms with Crippen LogP contribution in [-0.4, -0.2) is 44.2 Å². The van der Waals surface area contributed by atoms with Crippen LogP contribution in [0.1, 0.15) is 35.3 Å². The lowest BCUT2D eigenvalue weighted by molar-refractivity contribution is 0.0680. The maximum absolute atomic E-state index is 9.68. The first-order valence-electron chi connectivity index (χ1n) is 6.82. The van der Waals surface area contributed by atoms with Crippen LogP contribution in [0.3, 0.4) is 0 Å². The summed E-state index contributed by atoms with van der Waals surface area (Å²) < 4.78 is 0. The highest BCUT2D eigenvalue weighted by Crippen LogP contribution is 2.31. The number of nitrogens with one attached hydrogen (secondary N) is 1. The number of rotatable bonds is 4. The number of piperidine rings is 1. The molecule has 3 rings (SSSR count). The number of hydrogen-bond acceptors (Lipinski definition) is 6. The average Bonchev–Trinajstić information content (AvgIpc) is 3.13. The average molecular weight is 293 g/mol. The van der Waals surface area contributed by atoms with E-state index in [1.165, 1.54) is 0 Å². The van der Waals surface area contributed by atoms with E-state index in [4.69, 9.17) is 5.73 Å². The Morgan fingerprint density at radius 2 is 2.30 bits per heavy atom. The number of nitrogens with zero attached hydrogens (tertiary/aromatic N) is 3. The van der Waals surface area contributed by atoms with Crippen LogP contribution in [0.5, 0.6) is 0 Å². The molecule has 108 valence electrons. The summed E-state index contributed by atoms with van der Waals surface area (Å²) in [6, 6.07) is 0.0790. The molecule has 4 N–H and O–H groups in total. The van der Waals surface area contributed by atoms with E-state index in [2.05, 4.69) is 19.9 Å². The quantitative estimate of drug-likeness (QED) is 0.778. The van der Waals surface area contributed by atoms with Crippen LogP contribution in [0.4, 0.5) is 0 Å². The van der Waals surface area contributed by atoms with Gasteiger partial charge in [-0.3, -0.25) is 4.90 Å². The Hall–Kier alpha value is -1.28. The zero-order chi connectivity index (χ0) is 13.9. The van der Waals surface area contributed by atoms with E-state index in [1.54, 1.807) is 17.7 Å². The van der Waals surface area contributed by atoms with Crippen LogP contribution in [0, 0.1) is 0 Å². The smallest absolute Gasteiger partial charge is 0.116 e. The first kappa shape index (κ1) is 13.7. The number of imidazole rings is 1. The summed E-state index contributed by atoms with van der Waals surface area (Å²) in [6.07, 6.45) is 4.97. The van der Waals surface area contributed by atoms with Gasteiger partial charge in [0.2, 0.25) is 0 Å². The van der Waals surface area contributed by atoms with Crippen molar-refractivity contribution >= 4 is 11.3 Å². The minimum atomic E-state index is -0.176. The SMILES string of the molecule is NCc1csc(C(c2cnc[nH]2)N2CCC(O)CC2)n1. The minimum Gasteiger partial charge on any atom is -0.393 e. The van der Waals surface area contributed by atoms with Crippen molar-refractivity contribution in [2.24, 2.45) is 5.73 Å². The van der Waals surface area contributed by atoms with Crippen LogP contribution in [0.2, 0.25) is 0 Å². The van der Waals surface area contributed by atoms with Gasteiger partial charge in [-0.1, -0.05) is 0 Å². The molecule has 0 radical (unpaired) electrons. The van der Waals surface area contributed by atoms with Gasteiger partial charge in [-0.25, -0.2) is 9.97 Å². The maximum Gasteiger partial charge on any atom is 0.116 e. The third-order valence-electron chi connectivity index (χ3n) is 3.69. The fourth-order valence-corrected chi connectivity index (χ4v) is 3.57. The van der Waals surface area contributed by atoms with Crippen molar-refractivity contribution in [3.05, 3.63) is 34.3 Å². The number of thiazole rings is 1. The van der Waals surface area contributed by atoms with Crippen LogP contribution in [-0.2, 0) is 6.54 Å². The third-order valence-corrected chi connectivity index (χ3v) is 4.64. The maximum atomic E-state index is 9.68. The van der Waals surface area contributed by atoms with E-state index >= 15 is 0 Å². The summed E-state index contributed by atoms with van der Waals surface area (Å²) in [4.78, 5) is 14.3. The van der Waals surface area contributed by atoms with Crippen LogP contribution < -0.4 is 5.73 Å². The standard InChI is InChI=1S/C13H19N5OS/c14-5-9-7-20-13(17-9)12(11-6-15-8-16-11)18-3-1-10(19)2-4-18/h6-8,10,12,19H,1-5,14H2,(H,15,16). The molecule has 1 aliphatic rings. The molecule has 6 nitrogen and oxygen atoms in total. The second kappa shape index (κ2) is 6.01. The van der Waals surface area contributed by atoms with Crippen molar-refractivity contribution in [1.29, 1.82) is 0 Å². The molecule has 1 aliphatic heterocycles. The van der Waals surface area contributed by atoms with E-state index in [0.29, 0.717) is 6.54 Å². The van der Waals surface area contributed by atoms with Gasteiger partial charge in [0.25, 0.3) is 0 Å². The summed E-state index contributed by atoms with van der Waals surface area (Å²) in [5.41, 5.74) is 7.62. The van der Waals surface area contributed by atoms with Crippen molar-refractivity contribution in [3.8, 4) is 0 Å². The van der Waals surface area contributed by atoms with E-state index in [-0.39, 0.29) is 12.1 Å². The molecule has 2 aromatic rings. The molecule has 7 heteroatoms. The molecule has 0 aliphatic carbocycles. The lowest BCUT2D eigenvalue weighted by atomic mass is 10.0. The number of H-pyrrole nitrogens is 1. The predicted molar refractivity (Wildman–Crippen MR) is 77.2 cm³/mol. The Morgan fingerprint density at radius 1 is 1.50 bits per heavy atom. The number of aliphatic hydroxyl groups is 1. The molecule has 0 bridgehead atoms. The number of aliphatic hydroxyl groups excluding tert-OH is 1. The second-order valence-corrected chi connectivity index (χ2v) is 5.95. The number of aromatic amines is 1. The van der Waals surface area contributed by atoms with Gasteiger partial charge in [0, 0.05) is 31.2 Å². The summed E-state index contributed by atoms with van der Waals surface area (Å²) in [6.45, 7) is 2.19. The fourth-order valence-electron chi connectivity index (χ4n) is 2.59. The first-order valence-corrected chi connectivity index (χ1v) is 7.70. The molecule has 0 aromatic carbocycles. The molecule has 1 fully saturated rings. The van der Waals surface area contributed by atoms with Crippen LogP contribution >= 0.6 is 11.3 Å². The van der Waals surface area contributed by atoms with Crippen molar-refractivity contribution in [2.45, 2.75) is 31.5 Å². The van der Waals surface area contributed by atoms with Gasteiger partial charge in [0.05, 0.1) is 23.8 Å². The highest BCUT2D eigenvalue weighted by atomic mass is 32.1. The van der Waals surface area contributed by atoms with Gasteiger partial charge in [-0.2, -0.15) is 0 Å². The lowest BCUT2D eigenvalue weighted by Gasteiger charge is -2.34. The van der Waals surface area contributed by atoms with Gasteiger partial charge in [0.15, 0.2) is 0 Å². The summed E-state index contributed by atoms with van der Waals surface area (Å²) >= 11 is 1.63.